The van der Waals surface area contributed by atoms with E-state index in [9.17, 15) is 4.79 Å². The monoisotopic (exact) mass is 345 g/mol. The van der Waals surface area contributed by atoms with Crippen LogP contribution in [0.2, 0.25) is 0 Å². The molecule has 6 heteroatoms. The van der Waals surface area contributed by atoms with Crippen LogP contribution >= 0.6 is 11.8 Å². The lowest BCUT2D eigenvalue weighted by molar-refractivity contribution is 0.415. The summed E-state index contributed by atoms with van der Waals surface area (Å²) in [6.07, 6.45) is 2.25. The molecule has 0 aliphatic rings. The molecule has 2 heterocycles. The average molecular weight is 345 g/mol. The number of hydrogen-bond donors (Lipinski definition) is 0. The molecule has 0 fully saturated rings. The molecule has 0 bridgehead atoms. The maximum Gasteiger partial charge on any atom is 0.278 e. The number of aryl methyl sites for hydroxylation is 1. The van der Waals surface area contributed by atoms with E-state index in [1.165, 1.54) is 0 Å². The Kier molecular flexibility index (Phi) is 4.85. The van der Waals surface area contributed by atoms with Crippen molar-refractivity contribution >= 4 is 33.7 Å². The van der Waals surface area contributed by atoms with Crippen molar-refractivity contribution < 1.29 is 4.74 Å². The van der Waals surface area contributed by atoms with Crippen LogP contribution in [0.1, 0.15) is 26.7 Å². The number of methoxy groups -OCH3 is 1. The quantitative estimate of drug-likeness (QED) is 0.387. The Morgan fingerprint density at radius 3 is 2.75 bits per heavy atom. The summed E-state index contributed by atoms with van der Waals surface area (Å²) in [6.45, 7) is 4.78. The highest BCUT2D eigenvalue weighted by Crippen LogP contribution is 2.30. The Morgan fingerprint density at radius 1 is 1.29 bits per heavy atom. The van der Waals surface area contributed by atoms with Crippen LogP contribution in [0.25, 0.3) is 21.9 Å². The van der Waals surface area contributed by atoms with E-state index < -0.39 is 0 Å². The molecule has 2 aromatic heterocycles. The van der Waals surface area contributed by atoms with Crippen molar-refractivity contribution in [1.29, 1.82) is 0 Å². The summed E-state index contributed by atoms with van der Waals surface area (Å²) in [5, 5.41) is 1.77. The highest BCUT2D eigenvalue weighted by molar-refractivity contribution is 7.99. The standard InChI is InChI=1S/C18H23N3O2S/c1-5-7-10-24-18-19-15-13-11-12(23-4)8-9-14(13)20(3)16(15)17(22)21(18)6-2/h8-9,11H,5-7,10H2,1-4H3. The van der Waals surface area contributed by atoms with Gasteiger partial charge in [0, 0.05) is 24.7 Å². The molecule has 0 unspecified atom stereocenters. The van der Waals surface area contributed by atoms with Gasteiger partial charge in [0.25, 0.3) is 5.56 Å². The van der Waals surface area contributed by atoms with Crippen LogP contribution < -0.4 is 10.3 Å². The van der Waals surface area contributed by atoms with Crippen LogP contribution in [0.15, 0.2) is 28.2 Å². The molecule has 0 saturated heterocycles. The second-order valence-corrected chi connectivity index (χ2v) is 6.85. The van der Waals surface area contributed by atoms with Gasteiger partial charge in [-0.25, -0.2) is 4.98 Å². The molecule has 0 aliphatic carbocycles. The van der Waals surface area contributed by atoms with Gasteiger partial charge in [-0.05, 0) is 31.5 Å². The molecule has 0 atom stereocenters. The van der Waals surface area contributed by atoms with Gasteiger partial charge in [0.1, 0.15) is 16.8 Å². The molecule has 0 aliphatic heterocycles. The summed E-state index contributed by atoms with van der Waals surface area (Å²) in [4.78, 5) is 17.9. The first-order chi connectivity index (χ1) is 11.6. The molecule has 0 N–H and O–H groups in total. The zero-order chi connectivity index (χ0) is 17.3. The third-order valence-corrected chi connectivity index (χ3v) is 5.37. The summed E-state index contributed by atoms with van der Waals surface area (Å²) >= 11 is 1.66. The first-order valence-electron chi connectivity index (χ1n) is 8.32. The molecule has 0 amide bonds. The molecule has 3 rings (SSSR count). The zero-order valence-corrected chi connectivity index (χ0v) is 15.4. The normalized spacial score (nSPS) is 11.5. The van der Waals surface area contributed by atoms with Crippen molar-refractivity contribution in [2.24, 2.45) is 7.05 Å². The minimum atomic E-state index is 0.0270. The molecule has 128 valence electrons. The number of unbranched alkanes of at least 4 members (excludes halogenated alkanes) is 1. The first-order valence-corrected chi connectivity index (χ1v) is 9.30. The van der Waals surface area contributed by atoms with Gasteiger partial charge in [-0.3, -0.25) is 9.36 Å². The van der Waals surface area contributed by atoms with Crippen molar-refractivity contribution in [3.63, 3.8) is 0 Å². The number of benzene rings is 1. The Balaban J connectivity index is 2.30. The fraction of sp³-hybridized carbons (Fsp3) is 0.444. The van der Waals surface area contributed by atoms with Gasteiger partial charge in [-0.15, -0.1) is 0 Å². The van der Waals surface area contributed by atoms with Crippen LogP contribution in [-0.4, -0.2) is 27.0 Å². The molecule has 1 aromatic carbocycles. The second-order valence-electron chi connectivity index (χ2n) is 5.79. The number of hydrogen-bond acceptors (Lipinski definition) is 4. The van der Waals surface area contributed by atoms with Gasteiger partial charge in [0.15, 0.2) is 5.16 Å². The van der Waals surface area contributed by atoms with Gasteiger partial charge in [0.2, 0.25) is 0 Å². The number of fused-ring (bicyclic) bond motifs is 3. The molecule has 0 radical (unpaired) electrons. The minimum Gasteiger partial charge on any atom is -0.497 e. The number of aromatic nitrogens is 3. The topological polar surface area (TPSA) is 49.1 Å². The molecular weight excluding hydrogens is 322 g/mol. The Bertz CT molecular complexity index is 943. The van der Waals surface area contributed by atoms with E-state index in [0.717, 1.165) is 45.9 Å². The average Bonchev–Trinajstić information content (AvgIpc) is 2.87. The number of nitrogens with zero attached hydrogens (tertiary/aromatic N) is 3. The van der Waals surface area contributed by atoms with Crippen molar-refractivity contribution in [2.45, 2.75) is 38.4 Å². The van der Waals surface area contributed by atoms with E-state index in [1.807, 2.05) is 36.7 Å². The fourth-order valence-electron chi connectivity index (χ4n) is 2.96. The van der Waals surface area contributed by atoms with Crippen molar-refractivity contribution in [1.82, 2.24) is 14.1 Å². The summed E-state index contributed by atoms with van der Waals surface area (Å²) in [7, 11) is 3.57. The van der Waals surface area contributed by atoms with E-state index >= 15 is 0 Å². The third-order valence-electron chi connectivity index (χ3n) is 4.31. The Morgan fingerprint density at radius 2 is 2.08 bits per heavy atom. The fourth-order valence-corrected chi connectivity index (χ4v) is 4.10. The number of ether oxygens (including phenoxy) is 1. The van der Waals surface area contributed by atoms with Crippen molar-refractivity contribution in [3.05, 3.63) is 28.6 Å². The lowest BCUT2D eigenvalue weighted by Gasteiger charge is -2.10. The zero-order valence-electron chi connectivity index (χ0n) is 14.6. The largest absolute Gasteiger partial charge is 0.497 e. The first kappa shape index (κ1) is 16.9. The van der Waals surface area contributed by atoms with Gasteiger partial charge in [0.05, 0.1) is 12.6 Å². The predicted octanol–water partition coefficient (Wildman–Crippen LogP) is 3.81. The number of thioether (sulfide) groups is 1. The van der Waals surface area contributed by atoms with Crippen molar-refractivity contribution in [2.75, 3.05) is 12.9 Å². The Labute approximate surface area is 145 Å². The van der Waals surface area contributed by atoms with E-state index in [2.05, 4.69) is 6.92 Å². The van der Waals surface area contributed by atoms with Crippen LogP contribution in [0.5, 0.6) is 5.75 Å². The Hall–Kier alpha value is -1.95. The highest BCUT2D eigenvalue weighted by atomic mass is 32.2. The minimum absolute atomic E-state index is 0.0270. The molecular formula is C18H23N3O2S. The molecule has 3 aromatic rings. The molecule has 0 spiro atoms. The second kappa shape index (κ2) is 6.89. The van der Waals surface area contributed by atoms with Crippen molar-refractivity contribution in [3.8, 4) is 5.75 Å². The van der Waals surface area contributed by atoms with E-state index in [-0.39, 0.29) is 5.56 Å². The predicted molar refractivity (Wildman–Crippen MR) is 100 cm³/mol. The highest BCUT2D eigenvalue weighted by Gasteiger charge is 2.18. The lowest BCUT2D eigenvalue weighted by atomic mass is 10.2. The molecule has 24 heavy (non-hydrogen) atoms. The third kappa shape index (κ3) is 2.69. The summed E-state index contributed by atoms with van der Waals surface area (Å²) in [5.74, 6) is 1.75. The summed E-state index contributed by atoms with van der Waals surface area (Å²) < 4.78 is 9.05. The van der Waals surface area contributed by atoms with E-state index in [0.29, 0.717) is 12.1 Å². The van der Waals surface area contributed by atoms with Gasteiger partial charge >= 0.3 is 0 Å². The lowest BCUT2D eigenvalue weighted by Crippen LogP contribution is -2.23. The van der Waals surface area contributed by atoms with E-state index in [1.54, 1.807) is 23.4 Å². The van der Waals surface area contributed by atoms with Crippen LogP contribution in [0, 0.1) is 0 Å². The summed E-state index contributed by atoms with van der Waals surface area (Å²) in [5.41, 5.74) is 2.44. The maximum absolute atomic E-state index is 13.0. The van der Waals surface area contributed by atoms with Crippen LogP contribution in [0.3, 0.4) is 0 Å². The molecule has 0 saturated carbocycles. The van der Waals surface area contributed by atoms with Gasteiger partial charge in [-0.2, -0.15) is 0 Å². The van der Waals surface area contributed by atoms with E-state index in [4.69, 9.17) is 9.72 Å². The van der Waals surface area contributed by atoms with Crippen LogP contribution in [-0.2, 0) is 13.6 Å². The molecule has 5 nitrogen and oxygen atoms in total. The maximum atomic E-state index is 13.0. The SMILES string of the molecule is CCCCSc1nc2c3cc(OC)ccc3n(C)c2c(=O)n1CC. The summed E-state index contributed by atoms with van der Waals surface area (Å²) in [6, 6.07) is 5.85. The van der Waals surface area contributed by atoms with Gasteiger partial charge in [-0.1, -0.05) is 25.1 Å². The van der Waals surface area contributed by atoms with Crippen LogP contribution in [0.4, 0.5) is 0 Å². The smallest absolute Gasteiger partial charge is 0.278 e. The number of rotatable bonds is 6. The van der Waals surface area contributed by atoms with Gasteiger partial charge < -0.3 is 9.30 Å².